The highest BCUT2D eigenvalue weighted by molar-refractivity contribution is 9.10. The summed E-state index contributed by atoms with van der Waals surface area (Å²) >= 11 is 3.29. The molecule has 0 spiro atoms. The minimum atomic E-state index is 0.913. The Hall–Kier alpha value is -1.36. The number of nitrogens with zero attached hydrogens (tertiary/aromatic N) is 3. The molecule has 66 valence electrons. The molecule has 0 bridgehead atoms. The van der Waals surface area contributed by atoms with Gasteiger partial charge in [0.05, 0.1) is 28.8 Å². The van der Waals surface area contributed by atoms with Crippen LogP contribution in [0.5, 0.6) is 0 Å². The van der Waals surface area contributed by atoms with E-state index in [2.05, 4.69) is 31.1 Å². The summed E-state index contributed by atoms with van der Waals surface area (Å²) < 4.78 is 0.913. The molecule has 0 saturated carbocycles. The van der Waals surface area contributed by atoms with Crippen molar-refractivity contribution in [3.05, 3.63) is 40.9 Å². The maximum atomic E-state index is 4.09. The molecule has 0 atom stereocenters. The summed E-state index contributed by atoms with van der Waals surface area (Å²) in [5.74, 6) is 0. The quantitative estimate of drug-likeness (QED) is 0.798. The number of hydrogen-bond donors (Lipinski definition) is 1. The minimum absolute atomic E-state index is 0.913. The molecular formula is C8H7BrN4. The van der Waals surface area contributed by atoms with Crippen molar-refractivity contribution in [1.29, 1.82) is 0 Å². The van der Waals surface area contributed by atoms with Gasteiger partial charge < -0.3 is 4.98 Å². The number of H-pyrrole nitrogens is 1. The van der Waals surface area contributed by atoms with Crippen molar-refractivity contribution >= 4 is 22.1 Å². The molecule has 0 saturated heterocycles. The van der Waals surface area contributed by atoms with Gasteiger partial charge in [0.1, 0.15) is 0 Å². The average molecular weight is 239 g/mol. The van der Waals surface area contributed by atoms with E-state index in [4.69, 9.17) is 0 Å². The number of aromatic nitrogens is 3. The molecule has 0 amide bonds. The number of hydrogen-bond acceptors (Lipinski definition) is 2. The predicted molar refractivity (Wildman–Crippen MR) is 53.7 cm³/mol. The van der Waals surface area contributed by atoms with Gasteiger partial charge in [-0.3, -0.25) is 0 Å². The summed E-state index contributed by atoms with van der Waals surface area (Å²) in [6, 6.07) is 3.85. The summed E-state index contributed by atoms with van der Waals surface area (Å²) in [5, 5.41) is 8.06. The van der Waals surface area contributed by atoms with E-state index >= 15 is 0 Å². The smallest absolute Gasteiger partial charge is 0.0730 e. The summed E-state index contributed by atoms with van der Waals surface area (Å²) in [7, 11) is 0. The summed E-state index contributed by atoms with van der Waals surface area (Å²) in [6.45, 7) is 0. The highest BCUT2D eigenvalue weighted by atomic mass is 79.9. The van der Waals surface area contributed by atoms with Crippen LogP contribution in [0.2, 0.25) is 0 Å². The van der Waals surface area contributed by atoms with E-state index in [1.54, 1.807) is 18.6 Å². The number of nitrogens with one attached hydrogen (secondary N) is 1. The van der Waals surface area contributed by atoms with Gasteiger partial charge >= 0.3 is 0 Å². The molecule has 0 aliphatic heterocycles. The third-order valence-corrected chi connectivity index (χ3v) is 1.88. The maximum Gasteiger partial charge on any atom is 0.0730 e. The van der Waals surface area contributed by atoms with Crippen LogP contribution in [0.1, 0.15) is 5.69 Å². The fourth-order valence-corrected chi connectivity index (χ4v) is 1.18. The predicted octanol–water partition coefficient (Wildman–Crippen LogP) is 1.86. The zero-order valence-corrected chi connectivity index (χ0v) is 8.27. The van der Waals surface area contributed by atoms with Gasteiger partial charge in [0.15, 0.2) is 0 Å². The van der Waals surface area contributed by atoms with E-state index in [0.717, 1.165) is 10.2 Å². The van der Waals surface area contributed by atoms with Gasteiger partial charge in [0.2, 0.25) is 0 Å². The second-order valence-corrected chi connectivity index (χ2v) is 3.36. The van der Waals surface area contributed by atoms with Crippen molar-refractivity contribution in [2.75, 3.05) is 0 Å². The van der Waals surface area contributed by atoms with E-state index in [1.807, 2.05) is 18.3 Å². The van der Waals surface area contributed by atoms with Crippen LogP contribution in [0.15, 0.2) is 40.3 Å². The van der Waals surface area contributed by atoms with Crippen molar-refractivity contribution in [2.24, 2.45) is 5.10 Å². The summed E-state index contributed by atoms with van der Waals surface area (Å²) in [4.78, 5) is 4.50. The molecule has 13 heavy (non-hydrogen) atoms. The standard InChI is InChI=1S/C8H7BrN4/c9-7-4-11-13(6-7)12-5-8-2-1-3-10-8/h1-6,10H/b12-5+. The molecular weight excluding hydrogens is 232 g/mol. The molecule has 5 heteroatoms. The third kappa shape index (κ3) is 2.06. The topological polar surface area (TPSA) is 46.0 Å². The Morgan fingerprint density at radius 2 is 2.54 bits per heavy atom. The Bertz CT molecular complexity index is 401. The van der Waals surface area contributed by atoms with Crippen molar-refractivity contribution in [2.45, 2.75) is 0 Å². The van der Waals surface area contributed by atoms with Crippen molar-refractivity contribution in [3.63, 3.8) is 0 Å². The lowest BCUT2D eigenvalue weighted by Crippen LogP contribution is -1.90. The second-order valence-electron chi connectivity index (χ2n) is 2.45. The third-order valence-electron chi connectivity index (χ3n) is 1.48. The van der Waals surface area contributed by atoms with Crippen LogP contribution in [0.25, 0.3) is 0 Å². The van der Waals surface area contributed by atoms with Crippen molar-refractivity contribution < 1.29 is 0 Å². The lowest BCUT2D eigenvalue weighted by atomic mass is 10.5. The monoisotopic (exact) mass is 238 g/mol. The van der Waals surface area contributed by atoms with Crippen LogP contribution in [-0.4, -0.2) is 21.1 Å². The van der Waals surface area contributed by atoms with Crippen LogP contribution < -0.4 is 0 Å². The average Bonchev–Trinajstić information content (AvgIpc) is 2.71. The normalized spacial score (nSPS) is 11.2. The Balaban J connectivity index is 2.14. The molecule has 1 N–H and O–H groups in total. The largest absolute Gasteiger partial charge is 0.360 e. The Labute approximate surface area is 83.4 Å². The lowest BCUT2D eigenvalue weighted by Gasteiger charge is -1.87. The second kappa shape index (κ2) is 3.57. The first-order valence-corrected chi connectivity index (χ1v) is 4.52. The van der Waals surface area contributed by atoms with Crippen molar-refractivity contribution in [1.82, 2.24) is 14.9 Å². The van der Waals surface area contributed by atoms with Gasteiger partial charge in [-0.2, -0.15) is 15.0 Å². The van der Waals surface area contributed by atoms with Crippen LogP contribution in [0, 0.1) is 0 Å². The van der Waals surface area contributed by atoms with Crippen LogP contribution >= 0.6 is 15.9 Å². The van der Waals surface area contributed by atoms with Crippen LogP contribution in [0.3, 0.4) is 0 Å². The van der Waals surface area contributed by atoms with Gasteiger partial charge in [-0.25, -0.2) is 0 Å². The highest BCUT2D eigenvalue weighted by Gasteiger charge is 1.90. The van der Waals surface area contributed by atoms with Gasteiger partial charge in [0.25, 0.3) is 0 Å². The number of halogens is 1. The molecule has 0 unspecified atom stereocenters. The fourth-order valence-electron chi connectivity index (χ4n) is 0.900. The molecule has 2 rings (SSSR count). The SMILES string of the molecule is Brc1cnn(/N=C/c2ccc[nH]2)c1. The Kier molecular flexibility index (Phi) is 2.27. The van der Waals surface area contributed by atoms with E-state index in [1.165, 1.54) is 4.79 Å². The molecule has 0 aliphatic rings. The van der Waals surface area contributed by atoms with Gasteiger partial charge in [-0.05, 0) is 28.1 Å². The maximum absolute atomic E-state index is 4.09. The molecule has 4 nitrogen and oxygen atoms in total. The molecule has 2 aromatic heterocycles. The summed E-state index contributed by atoms with van der Waals surface area (Å²) in [6.07, 6.45) is 7.02. The first-order chi connectivity index (χ1) is 6.34. The highest BCUT2D eigenvalue weighted by Crippen LogP contribution is 2.05. The molecule has 0 aliphatic carbocycles. The van der Waals surface area contributed by atoms with Crippen LogP contribution in [0.4, 0.5) is 0 Å². The molecule has 2 heterocycles. The fraction of sp³-hybridized carbons (Fsp3) is 0. The van der Waals surface area contributed by atoms with E-state index in [9.17, 15) is 0 Å². The molecule has 0 aromatic carbocycles. The molecule has 2 aromatic rings. The number of rotatable bonds is 2. The van der Waals surface area contributed by atoms with Crippen molar-refractivity contribution in [3.8, 4) is 0 Å². The Morgan fingerprint density at radius 1 is 1.62 bits per heavy atom. The van der Waals surface area contributed by atoms with E-state index in [0.29, 0.717) is 0 Å². The first-order valence-electron chi connectivity index (χ1n) is 3.72. The van der Waals surface area contributed by atoms with Gasteiger partial charge in [-0.1, -0.05) is 0 Å². The minimum Gasteiger partial charge on any atom is -0.360 e. The van der Waals surface area contributed by atoms with E-state index in [-0.39, 0.29) is 0 Å². The van der Waals surface area contributed by atoms with Crippen LogP contribution in [-0.2, 0) is 0 Å². The lowest BCUT2D eigenvalue weighted by molar-refractivity contribution is 0.744. The first kappa shape index (κ1) is 8.25. The molecule has 0 radical (unpaired) electrons. The zero-order valence-electron chi connectivity index (χ0n) is 6.68. The molecule has 0 fully saturated rings. The summed E-state index contributed by atoms with van der Waals surface area (Å²) in [5.41, 5.74) is 0.951. The number of aromatic amines is 1. The van der Waals surface area contributed by atoms with Gasteiger partial charge in [0, 0.05) is 6.20 Å². The van der Waals surface area contributed by atoms with Gasteiger partial charge in [-0.15, -0.1) is 0 Å². The zero-order chi connectivity index (χ0) is 9.10. The Morgan fingerprint density at radius 3 is 3.15 bits per heavy atom. The van der Waals surface area contributed by atoms with E-state index < -0.39 is 0 Å².